The molecule has 0 aromatic carbocycles. The van der Waals surface area contributed by atoms with E-state index in [0.29, 0.717) is 0 Å². The Balaban J connectivity index is 1.74. The third-order valence-corrected chi connectivity index (χ3v) is 4.72. The molecule has 2 fully saturated rings. The Morgan fingerprint density at radius 1 is 1.17 bits per heavy atom. The zero-order chi connectivity index (χ0) is 13.3. The monoisotopic (exact) mass is 317 g/mol. The van der Waals surface area contributed by atoms with Gasteiger partial charge in [0.25, 0.3) is 0 Å². The number of carbonyl (C=O) groups excluding carboxylic acids is 1. The molecule has 0 unspecified atom stereocenters. The van der Waals surface area contributed by atoms with Crippen LogP contribution in [-0.2, 0) is 4.74 Å². The van der Waals surface area contributed by atoms with E-state index in [1.165, 1.54) is 12.8 Å². The smallest absolute Gasteiger partial charge is 0.410 e. The van der Waals surface area contributed by atoms with Crippen molar-refractivity contribution in [3.05, 3.63) is 0 Å². The molecular formula is C14H24BrNO2. The minimum absolute atomic E-state index is 0.145. The molecule has 4 heteroatoms. The summed E-state index contributed by atoms with van der Waals surface area (Å²) in [7, 11) is 0. The van der Waals surface area contributed by atoms with Gasteiger partial charge >= 0.3 is 6.09 Å². The molecule has 2 rings (SSSR count). The summed E-state index contributed by atoms with van der Waals surface area (Å²) in [6.07, 6.45) is 4.77. The number of hydrogen-bond donors (Lipinski definition) is 0. The highest BCUT2D eigenvalue weighted by Gasteiger charge is 2.36. The zero-order valence-electron chi connectivity index (χ0n) is 11.6. The summed E-state index contributed by atoms with van der Waals surface area (Å²) in [4.78, 5) is 14.5. The van der Waals surface area contributed by atoms with Gasteiger partial charge in [-0.25, -0.2) is 4.79 Å². The first-order valence-electron chi connectivity index (χ1n) is 6.97. The summed E-state index contributed by atoms with van der Waals surface area (Å²) in [5, 5.41) is 0. The van der Waals surface area contributed by atoms with Gasteiger partial charge in [0, 0.05) is 17.9 Å². The minimum Gasteiger partial charge on any atom is -0.444 e. The number of halogens is 1. The van der Waals surface area contributed by atoms with Crippen LogP contribution in [0.1, 0.15) is 46.5 Å². The number of ether oxygens (including phenoxy) is 1. The van der Waals surface area contributed by atoms with Gasteiger partial charge in [-0.1, -0.05) is 15.9 Å². The van der Waals surface area contributed by atoms with Crippen molar-refractivity contribution in [1.82, 2.24) is 4.90 Å². The molecule has 104 valence electrons. The standard InChI is InChI=1S/C14H24BrNO2/c1-14(2,3)18-13(17)16-6-4-10(5-7-16)11-8-12(15)9-11/h10-12H,4-9H2,1-3H3. The highest BCUT2D eigenvalue weighted by atomic mass is 79.9. The Labute approximate surface area is 118 Å². The molecule has 1 aliphatic heterocycles. The van der Waals surface area contributed by atoms with E-state index < -0.39 is 0 Å². The molecule has 18 heavy (non-hydrogen) atoms. The molecule has 1 amide bonds. The molecule has 1 aliphatic carbocycles. The van der Waals surface area contributed by atoms with Gasteiger partial charge in [-0.3, -0.25) is 0 Å². The topological polar surface area (TPSA) is 29.5 Å². The lowest BCUT2D eigenvalue weighted by Gasteiger charge is -2.42. The number of hydrogen-bond acceptors (Lipinski definition) is 2. The maximum Gasteiger partial charge on any atom is 0.410 e. The fourth-order valence-corrected chi connectivity index (χ4v) is 3.81. The molecular weight excluding hydrogens is 294 g/mol. The van der Waals surface area contributed by atoms with Crippen LogP contribution in [0, 0.1) is 11.8 Å². The van der Waals surface area contributed by atoms with Crippen LogP contribution >= 0.6 is 15.9 Å². The normalized spacial score (nSPS) is 29.9. The third-order valence-electron chi connectivity index (χ3n) is 3.97. The van der Waals surface area contributed by atoms with Crippen molar-refractivity contribution in [2.45, 2.75) is 56.9 Å². The first kappa shape index (κ1) is 14.2. The number of piperidine rings is 1. The van der Waals surface area contributed by atoms with Crippen LogP contribution in [0.2, 0.25) is 0 Å². The van der Waals surface area contributed by atoms with E-state index in [4.69, 9.17) is 4.74 Å². The van der Waals surface area contributed by atoms with Gasteiger partial charge in [-0.05, 0) is 58.3 Å². The second kappa shape index (κ2) is 5.40. The lowest BCUT2D eigenvalue weighted by molar-refractivity contribution is 0.0136. The van der Waals surface area contributed by atoms with Crippen LogP contribution in [0.15, 0.2) is 0 Å². The third kappa shape index (κ3) is 3.62. The van der Waals surface area contributed by atoms with Crippen LogP contribution in [0.3, 0.4) is 0 Å². The van der Waals surface area contributed by atoms with Crippen molar-refractivity contribution in [2.75, 3.05) is 13.1 Å². The number of carbonyl (C=O) groups is 1. The molecule has 2 aliphatic rings. The van der Waals surface area contributed by atoms with Gasteiger partial charge in [0.2, 0.25) is 0 Å². The Bertz CT molecular complexity index is 299. The molecule has 1 saturated heterocycles. The van der Waals surface area contributed by atoms with Crippen molar-refractivity contribution in [2.24, 2.45) is 11.8 Å². The van der Waals surface area contributed by atoms with E-state index in [1.807, 2.05) is 25.7 Å². The number of nitrogens with zero attached hydrogens (tertiary/aromatic N) is 1. The van der Waals surface area contributed by atoms with Crippen molar-refractivity contribution in [3.8, 4) is 0 Å². The average molecular weight is 318 g/mol. The zero-order valence-corrected chi connectivity index (χ0v) is 13.2. The van der Waals surface area contributed by atoms with E-state index >= 15 is 0 Å². The fraction of sp³-hybridized carbons (Fsp3) is 0.929. The first-order valence-corrected chi connectivity index (χ1v) is 7.89. The van der Waals surface area contributed by atoms with Crippen LogP contribution in [0.4, 0.5) is 4.79 Å². The fourth-order valence-electron chi connectivity index (χ4n) is 2.85. The predicted molar refractivity (Wildman–Crippen MR) is 76.0 cm³/mol. The van der Waals surface area contributed by atoms with Gasteiger partial charge in [-0.15, -0.1) is 0 Å². The van der Waals surface area contributed by atoms with Gasteiger partial charge in [0.15, 0.2) is 0 Å². The number of amides is 1. The van der Waals surface area contributed by atoms with Gasteiger partial charge in [-0.2, -0.15) is 0 Å². The second-order valence-corrected chi connectivity index (χ2v) is 7.93. The van der Waals surface area contributed by atoms with E-state index in [9.17, 15) is 4.79 Å². The summed E-state index contributed by atoms with van der Waals surface area (Å²) >= 11 is 3.65. The number of likely N-dealkylation sites (tertiary alicyclic amines) is 1. The lowest BCUT2D eigenvalue weighted by Crippen LogP contribution is -2.44. The quantitative estimate of drug-likeness (QED) is 0.688. The maximum absolute atomic E-state index is 11.9. The Kier molecular flexibility index (Phi) is 4.25. The largest absolute Gasteiger partial charge is 0.444 e. The molecule has 0 N–H and O–H groups in total. The van der Waals surface area contributed by atoms with Crippen molar-refractivity contribution in [1.29, 1.82) is 0 Å². The SMILES string of the molecule is CC(C)(C)OC(=O)N1CCC(C2CC(Br)C2)CC1. The summed E-state index contributed by atoms with van der Waals surface area (Å²) < 4.78 is 5.41. The van der Waals surface area contributed by atoms with Crippen molar-refractivity contribution >= 4 is 22.0 Å². The number of rotatable bonds is 1. The lowest BCUT2D eigenvalue weighted by atomic mass is 9.72. The Morgan fingerprint density at radius 3 is 2.17 bits per heavy atom. The van der Waals surface area contributed by atoms with Crippen LogP contribution < -0.4 is 0 Å². The maximum atomic E-state index is 11.9. The summed E-state index contributed by atoms with van der Waals surface area (Å²) in [6.45, 7) is 7.48. The minimum atomic E-state index is -0.384. The average Bonchev–Trinajstić information content (AvgIpc) is 2.23. The molecule has 3 nitrogen and oxygen atoms in total. The predicted octanol–water partition coefficient (Wildman–Crippen LogP) is 3.81. The molecule has 1 saturated carbocycles. The van der Waals surface area contributed by atoms with Gasteiger partial charge < -0.3 is 9.64 Å². The van der Waals surface area contributed by atoms with Crippen molar-refractivity contribution in [3.63, 3.8) is 0 Å². The van der Waals surface area contributed by atoms with E-state index in [0.717, 1.165) is 42.6 Å². The molecule has 1 heterocycles. The Hall–Kier alpha value is -0.250. The number of alkyl halides is 1. The molecule has 0 atom stereocenters. The van der Waals surface area contributed by atoms with Crippen LogP contribution in [-0.4, -0.2) is 34.5 Å². The van der Waals surface area contributed by atoms with Gasteiger partial charge in [0.05, 0.1) is 0 Å². The summed E-state index contributed by atoms with van der Waals surface area (Å²) in [6, 6.07) is 0. The van der Waals surface area contributed by atoms with Crippen LogP contribution in [0.5, 0.6) is 0 Å². The molecule has 0 radical (unpaired) electrons. The highest BCUT2D eigenvalue weighted by Crippen LogP contribution is 2.42. The summed E-state index contributed by atoms with van der Waals surface area (Å²) in [5.41, 5.74) is -0.384. The molecule has 0 aromatic heterocycles. The molecule has 0 aromatic rings. The van der Waals surface area contributed by atoms with E-state index in [-0.39, 0.29) is 11.7 Å². The second-order valence-electron chi connectivity index (χ2n) is 6.63. The van der Waals surface area contributed by atoms with E-state index in [2.05, 4.69) is 15.9 Å². The van der Waals surface area contributed by atoms with Gasteiger partial charge in [0.1, 0.15) is 5.60 Å². The Morgan fingerprint density at radius 2 is 1.72 bits per heavy atom. The molecule has 0 spiro atoms. The highest BCUT2D eigenvalue weighted by molar-refractivity contribution is 9.09. The van der Waals surface area contributed by atoms with Crippen molar-refractivity contribution < 1.29 is 9.53 Å². The van der Waals surface area contributed by atoms with E-state index in [1.54, 1.807) is 0 Å². The first-order chi connectivity index (χ1) is 8.35. The molecule has 0 bridgehead atoms. The summed E-state index contributed by atoms with van der Waals surface area (Å²) in [5.74, 6) is 1.70. The van der Waals surface area contributed by atoms with Crippen LogP contribution in [0.25, 0.3) is 0 Å².